The molecule has 7 heteroatoms. The molecule has 3 atom stereocenters. The van der Waals surface area contributed by atoms with Crippen LogP contribution in [-0.4, -0.2) is 41.9 Å². The van der Waals surface area contributed by atoms with Crippen molar-refractivity contribution in [2.75, 3.05) is 13.2 Å². The molecule has 1 aromatic rings. The number of nitrogens with one attached hydrogen (secondary N) is 1. The van der Waals surface area contributed by atoms with Crippen molar-refractivity contribution in [2.24, 2.45) is 11.8 Å². The minimum Gasteiger partial charge on any atom is -0.494 e. The lowest BCUT2D eigenvalue weighted by Crippen LogP contribution is -2.35. The monoisotopic (exact) mass is 414 g/mol. The zero-order chi connectivity index (χ0) is 21.3. The molecule has 0 aromatic heterocycles. The summed E-state index contributed by atoms with van der Waals surface area (Å²) in [6.45, 7) is 4.96. The van der Waals surface area contributed by atoms with Gasteiger partial charge in [0.05, 0.1) is 18.4 Å². The molecule has 0 unspecified atom stereocenters. The number of likely N-dealkylation sites (tertiary alicyclic amines) is 1. The smallest absolute Gasteiger partial charge is 0.233 e. The Bertz CT molecular complexity index is 828. The standard InChI is InChI=1S/C23H30N2O5/c1-3-29-19-11-15-10-14(2)30-20(15)12-16(19)13-24-21(26)8-9-25-22(27)17-6-4-5-7-18(17)23(25)28/h11-12,14,17-18H,3-10,13H2,1-2H3,(H,24,26)/t14-,17-,18+/m1/s1. The van der Waals surface area contributed by atoms with Crippen molar-refractivity contribution in [3.05, 3.63) is 23.3 Å². The van der Waals surface area contributed by atoms with Crippen LogP contribution in [0, 0.1) is 11.8 Å². The van der Waals surface area contributed by atoms with Crippen LogP contribution in [0.3, 0.4) is 0 Å². The molecular weight excluding hydrogens is 384 g/mol. The van der Waals surface area contributed by atoms with Gasteiger partial charge in [-0.15, -0.1) is 0 Å². The molecule has 0 radical (unpaired) electrons. The van der Waals surface area contributed by atoms with Gasteiger partial charge in [0.1, 0.15) is 17.6 Å². The van der Waals surface area contributed by atoms with Gasteiger partial charge in [-0.1, -0.05) is 12.8 Å². The maximum Gasteiger partial charge on any atom is 0.233 e. The highest BCUT2D eigenvalue weighted by Crippen LogP contribution is 2.38. The Morgan fingerprint density at radius 1 is 1.20 bits per heavy atom. The Balaban J connectivity index is 1.34. The molecule has 3 amide bonds. The maximum absolute atomic E-state index is 12.5. The molecule has 1 saturated heterocycles. The van der Waals surface area contributed by atoms with E-state index in [1.807, 2.05) is 26.0 Å². The molecule has 3 aliphatic rings. The van der Waals surface area contributed by atoms with Gasteiger partial charge in [-0.3, -0.25) is 19.3 Å². The number of carbonyl (C=O) groups excluding carboxylic acids is 3. The van der Waals surface area contributed by atoms with Gasteiger partial charge in [0.25, 0.3) is 0 Å². The van der Waals surface area contributed by atoms with Gasteiger partial charge in [-0.05, 0) is 38.8 Å². The first-order chi connectivity index (χ1) is 14.5. The highest BCUT2D eigenvalue weighted by molar-refractivity contribution is 6.05. The van der Waals surface area contributed by atoms with Crippen molar-refractivity contribution in [2.45, 2.75) is 65.0 Å². The quantitative estimate of drug-likeness (QED) is 0.694. The minimum atomic E-state index is -0.192. The summed E-state index contributed by atoms with van der Waals surface area (Å²) in [6, 6.07) is 3.93. The first-order valence-corrected chi connectivity index (χ1v) is 11.0. The van der Waals surface area contributed by atoms with Gasteiger partial charge >= 0.3 is 0 Å². The molecular formula is C23H30N2O5. The van der Waals surface area contributed by atoms with Crippen LogP contribution in [-0.2, 0) is 27.3 Å². The Hall–Kier alpha value is -2.57. The van der Waals surface area contributed by atoms with E-state index in [0.29, 0.717) is 13.2 Å². The van der Waals surface area contributed by atoms with E-state index in [2.05, 4.69) is 5.32 Å². The highest BCUT2D eigenvalue weighted by Gasteiger charge is 2.47. The normalized spacial score (nSPS) is 25.0. The highest BCUT2D eigenvalue weighted by atomic mass is 16.5. The van der Waals surface area contributed by atoms with E-state index in [1.165, 1.54) is 4.90 Å². The fraction of sp³-hybridized carbons (Fsp3) is 0.609. The van der Waals surface area contributed by atoms with Gasteiger partial charge in [-0.25, -0.2) is 0 Å². The summed E-state index contributed by atoms with van der Waals surface area (Å²) >= 11 is 0. The molecule has 1 aliphatic carbocycles. The van der Waals surface area contributed by atoms with Crippen molar-refractivity contribution in [1.29, 1.82) is 0 Å². The van der Waals surface area contributed by atoms with E-state index >= 15 is 0 Å². The van der Waals surface area contributed by atoms with Crippen molar-refractivity contribution >= 4 is 17.7 Å². The largest absolute Gasteiger partial charge is 0.494 e. The third kappa shape index (κ3) is 4.02. The van der Waals surface area contributed by atoms with Gasteiger partial charge in [0.15, 0.2) is 0 Å². The van der Waals surface area contributed by atoms with E-state index in [4.69, 9.17) is 9.47 Å². The van der Waals surface area contributed by atoms with Gasteiger partial charge < -0.3 is 14.8 Å². The number of rotatable bonds is 7. The minimum absolute atomic E-state index is 0.0963. The SMILES string of the molecule is CCOc1cc2c(cc1CNC(=O)CCN1C(=O)[C@H]3CCCC[C@H]3C1=O)O[C@H](C)C2. The van der Waals surface area contributed by atoms with Crippen molar-refractivity contribution in [1.82, 2.24) is 10.2 Å². The van der Waals surface area contributed by atoms with E-state index in [-0.39, 0.29) is 48.6 Å². The second kappa shape index (κ2) is 8.66. The fourth-order valence-corrected chi connectivity index (χ4v) is 4.86. The number of ether oxygens (including phenoxy) is 2. The Morgan fingerprint density at radius 3 is 2.57 bits per heavy atom. The summed E-state index contributed by atoms with van der Waals surface area (Å²) in [5.41, 5.74) is 1.98. The average Bonchev–Trinajstić information content (AvgIpc) is 3.21. The number of carbonyl (C=O) groups is 3. The van der Waals surface area contributed by atoms with Crippen LogP contribution in [0.4, 0.5) is 0 Å². The summed E-state index contributed by atoms with van der Waals surface area (Å²) in [7, 11) is 0. The lowest BCUT2D eigenvalue weighted by Gasteiger charge is -2.19. The molecule has 162 valence electrons. The number of amides is 3. The summed E-state index contributed by atoms with van der Waals surface area (Å²) < 4.78 is 11.6. The van der Waals surface area contributed by atoms with E-state index in [9.17, 15) is 14.4 Å². The molecule has 1 N–H and O–H groups in total. The van der Waals surface area contributed by atoms with Crippen molar-refractivity contribution in [3.8, 4) is 11.5 Å². The molecule has 1 saturated carbocycles. The molecule has 0 spiro atoms. The second-order valence-electron chi connectivity index (χ2n) is 8.49. The molecule has 2 heterocycles. The maximum atomic E-state index is 12.5. The Morgan fingerprint density at radius 2 is 1.90 bits per heavy atom. The molecule has 30 heavy (non-hydrogen) atoms. The first kappa shape index (κ1) is 20.7. The van der Waals surface area contributed by atoms with Crippen molar-refractivity contribution in [3.63, 3.8) is 0 Å². The van der Waals surface area contributed by atoms with E-state index in [0.717, 1.165) is 54.7 Å². The second-order valence-corrected chi connectivity index (χ2v) is 8.49. The van der Waals surface area contributed by atoms with Crippen LogP contribution in [0.2, 0.25) is 0 Å². The lowest BCUT2D eigenvalue weighted by molar-refractivity contribution is -0.140. The van der Waals surface area contributed by atoms with Gasteiger partial charge in [-0.2, -0.15) is 0 Å². The summed E-state index contributed by atoms with van der Waals surface area (Å²) in [5.74, 6) is 0.868. The lowest BCUT2D eigenvalue weighted by atomic mass is 9.81. The first-order valence-electron chi connectivity index (χ1n) is 11.0. The van der Waals surface area contributed by atoms with E-state index in [1.54, 1.807) is 0 Å². The number of nitrogens with zero attached hydrogens (tertiary/aromatic N) is 1. The van der Waals surface area contributed by atoms with Crippen LogP contribution >= 0.6 is 0 Å². The molecule has 2 aliphatic heterocycles. The van der Waals surface area contributed by atoms with Crippen LogP contribution < -0.4 is 14.8 Å². The Kier molecular flexibility index (Phi) is 5.97. The third-order valence-electron chi connectivity index (χ3n) is 6.35. The zero-order valence-corrected chi connectivity index (χ0v) is 17.7. The van der Waals surface area contributed by atoms with Gasteiger partial charge in [0.2, 0.25) is 17.7 Å². The number of hydrogen-bond donors (Lipinski definition) is 1. The van der Waals surface area contributed by atoms with Gasteiger partial charge in [0, 0.05) is 37.1 Å². The van der Waals surface area contributed by atoms with Crippen LogP contribution in [0.1, 0.15) is 57.1 Å². The predicted octanol–water partition coefficient (Wildman–Crippen LogP) is 2.59. The molecule has 2 fully saturated rings. The fourth-order valence-electron chi connectivity index (χ4n) is 4.86. The molecule has 1 aromatic carbocycles. The summed E-state index contributed by atoms with van der Waals surface area (Å²) in [4.78, 5) is 38.8. The summed E-state index contributed by atoms with van der Waals surface area (Å²) in [6.07, 6.45) is 4.67. The van der Waals surface area contributed by atoms with Crippen LogP contribution in [0.15, 0.2) is 12.1 Å². The average molecular weight is 415 g/mol. The number of benzene rings is 1. The Labute approximate surface area is 177 Å². The molecule has 4 rings (SSSR count). The predicted molar refractivity (Wildman–Crippen MR) is 110 cm³/mol. The molecule has 0 bridgehead atoms. The van der Waals surface area contributed by atoms with E-state index < -0.39 is 0 Å². The van der Waals surface area contributed by atoms with Crippen LogP contribution in [0.5, 0.6) is 11.5 Å². The van der Waals surface area contributed by atoms with Crippen molar-refractivity contribution < 1.29 is 23.9 Å². The zero-order valence-electron chi connectivity index (χ0n) is 17.7. The number of imide groups is 1. The topological polar surface area (TPSA) is 84.9 Å². The number of hydrogen-bond acceptors (Lipinski definition) is 5. The third-order valence-corrected chi connectivity index (χ3v) is 6.35. The molecule has 7 nitrogen and oxygen atoms in total. The number of fused-ring (bicyclic) bond motifs is 2. The van der Waals surface area contributed by atoms with Crippen LogP contribution in [0.25, 0.3) is 0 Å². The summed E-state index contributed by atoms with van der Waals surface area (Å²) in [5, 5.41) is 2.89.